The zero-order chi connectivity index (χ0) is 16.7. The second kappa shape index (κ2) is 8.22. The van der Waals surface area contributed by atoms with Crippen LogP contribution in [0, 0.1) is 0 Å². The number of rotatable bonds is 7. The molecule has 0 bridgehead atoms. The average Bonchev–Trinajstić information content (AvgIpc) is 2.60. The SMILES string of the molecule is CC[C@@H](NC(=O)Cc1ccc(OC)cc1)c1ccc(OC)cc1. The molecule has 0 unspecified atom stereocenters. The molecule has 4 heteroatoms. The Morgan fingerprint density at radius 3 is 1.96 bits per heavy atom. The van der Waals surface area contributed by atoms with Gasteiger partial charge >= 0.3 is 0 Å². The van der Waals surface area contributed by atoms with Gasteiger partial charge in [0.1, 0.15) is 11.5 Å². The molecule has 1 atom stereocenters. The fraction of sp³-hybridized carbons (Fsp3) is 0.316. The zero-order valence-electron chi connectivity index (χ0n) is 13.8. The van der Waals surface area contributed by atoms with Crippen LogP contribution in [0.5, 0.6) is 11.5 Å². The van der Waals surface area contributed by atoms with Crippen molar-refractivity contribution in [1.29, 1.82) is 0 Å². The van der Waals surface area contributed by atoms with Crippen LogP contribution in [-0.2, 0) is 11.2 Å². The smallest absolute Gasteiger partial charge is 0.224 e. The van der Waals surface area contributed by atoms with Gasteiger partial charge in [0, 0.05) is 0 Å². The summed E-state index contributed by atoms with van der Waals surface area (Å²) in [6.07, 6.45) is 1.19. The van der Waals surface area contributed by atoms with E-state index in [0.717, 1.165) is 29.0 Å². The van der Waals surface area contributed by atoms with Crippen LogP contribution in [0.25, 0.3) is 0 Å². The highest BCUT2D eigenvalue weighted by Crippen LogP contribution is 2.20. The molecule has 0 heterocycles. The maximum atomic E-state index is 12.3. The molecule has 0 aliphatic heterocycles. The first kappa shape index (κ1) is 16.9. The predicted octanol–water partition coefficient (Wildman–Crippen LogP) is 3.51. The molecule has 0 fully saturated rings. The number of carbonyl (C=O) groups excluding carboxylic acids is 1. The number of benzene rings is 2. The van der Waals surface area contributed by atoms with Crippen LogP contribution in [-0.4, -0.2) is 20.1 Å². The maximum absolute atomic E-state index is 12.3. The van der Waals surface area contributed by atoms with Crippen LogP contribution in [0.15, 0.2) is 48.5 Å². The minimum Gasteiger partial charge on any atom is -0.497 e. The van der Waals surface area contributed by atoms with Crippen LogP contribution >= 0.6 is 0 Å². The van der Waals surface area contributed by atoms with E-state index in [1.54, 1.807) is 14.2 Å². The summed E-state index contributed by atoms with van der Waals surface area (Å²) in [6.45, 7) is 2.06. The van der Waals surface area contributed by atoms with E-state index in [1.165, 1.54) is 0 Å². The lowest BCUT2D eigenvalue weighted by Gasteiger charge is -2.18. The summed E-state index contributed by atoms with van der Waals surface area (Å²) in [7, 11) is 3.27. The summed E-state index contributed by atoms with van der Waals surface area (Å²) in [6, 6.07) is 15.3. The lowest BCUT2D eigenvalue weighted by atomic mass is 10.0. The molecular weight excluding hydrogens is 290 g/mol. The van der Waals surface area contributed by atoms with E-state index in [0.29, 0.717) is 6.42 Å². The molecule has 2 rings (SSSR count). The topological polar surface area (TPSA) is 47.6 Å². The Kier molecular flexibility index (Phi) is 6.03. The van der Waals surface area contributed by atoms with E-state index in [1.807, 2.05) is 48.5 Å². The number of carbonyl (C=O) groups is 1. The Balaban J connectivity index is 1.97. The first-order valence-electron chi connectivity index (χ1n) is 7.72. The Labute approximate surface area is 137 Å². The van der Waals surface area contributed by atoms with Gasteiger partial charge in [-0.2, -0.15) is 0 Å². The minimum atomic E-state index is 0.00616. The quantitative estimate of drug-likeness (QED) is 0.851. The summed E-state index contributed by atoms with van der Waals surface area (Å²) in [5, 5.41) is 3.09. The van der Waals surface area contributed by atoms with E-state index < -0.39 is 0 Å². The third kappa shape index (κ3) is 4.74. The summed E-state index contributed by atoms with van der Waals surface area (Å²) in [5.41, 5.74) is 2.05. The van der Waals surface area contributed by atoms with Gasteiger partial charge in [-0.3, -0.25) is 4.79 Å². The molecule has 0 saturated carbocycles. The Morgan fingerprint density at radius 1 is 0.957 bits per heavy atom. The van der Waals surface area contributed by atoms with Crippen molar-refractivity contribution in [3.63, 3.8) is 0 Å². The van der Waals surface area contributed by atoms with Gasteiger partial charge in [-0.15, -0.1) is 0 Å². The molecule has 1 N–H and O–H groups in total. The van der Waals surface area contributed by atoms with E-state index in [4.69, 9.17) is 9.47 Å². The van der Waals surface area contributed by atoms with Crippen LogP contribution in [0.1, 0.15) is 30.5 Å². The molecule has 2 aromatic rings. The van der Waals surface area contributed by atoms with Crippen molar-refractivity contribution in [3.05, 3.63) is 59.7 Å². The molecule has 2 aromatic carbocycles. The Morgan fingerprint density at radius 2 is 1.48 bits per heavy atom. The van der Waals surface area contributed by atoms with Crippen molar-refractivity contribution in [2.75, 3.05) is 14.2 Å². The summed E-state index contributed by atoms with van der Waals surface area (Å²) < 4.78 is 10.3. The summed E-state index contributed by atoms with van der Waals surface area (Å²) in [5.74, 6) is 1.62. The lowest BCUT2D eigenvalue weighted by molar-refractivity contribution is -0.121. The van der Waals surface area contributed by atoms with Crippen molar-refractivity contribution in [2.24, 2.45) is 0 Å². The average molecular weight is 313 g/mol. The van der Waals surface area contributed by atoms with Gasteiger partial charge in [-0.1, -0.05) is 31.2 Å². The van der Waals surface area contributed by atoms with Gasteiger partial charge in [0.2, 0.25) is 5.91 Å². The van der Waals surface area contributed by atoms with Crippen LogP contribution in [0.3, 0.4) is 0 Å². The molecule has 0 radical (unpaired) electrons. The number of hydrogen-bond acceptors (Lipinski definition) is 3. The lowest BCUT2D eigenvalue weighted by Crippen LogP contribution is -2.29. The molecule has 122 valence electrons. The number of ether oxygens (including phenoxy) is 2. The first-order chi connectivity index (χ1) is 11.2. The van der Waals surface area contributed by atoms with Crippen molar-refractivity contribution < 1.29 is 14.3 Å². The van der Waals surface area contributed by atoms with E-state index in [-0.39, 0.29) is 11.9 Å². The highest BCUT2D eigenvalue weighted by molar-refractivity contribution is 5.79. The van der Waals surface area contributed by atoms with Crippen LogP contribution < -0.4 is 14.8 Å². The van der Waals surface area contributed by atoms with E-state index in [9.17, 15) is 4.79 Å². The molecule has 0 aromatic heterocycles. The molecule has 23 heavy (non-hydrogen) atoms. The molecular formula is C19H23NO3. The van der Waals surface area contributed by atoms with Gasteiger partial charge in [-0.05, 0) is 41.8 Å². The van der Waals surface area contributed by atoms with Gasteiger partial charge in [0.15, 0.2) is 0 Å². The summed E-state index contributed by atoms with van der Waals surface area (Å²) >= 11 is 0. The van der Waals surface area contributed by atoms with Gasteiger partial charge in [0.25, 0.3) is 0 Å². The fourth-order valence-corrected chi connectivity index (χ4v) is 2.43. The largest absolute Gasteiger partial charge is 0.497 e. The van der Waals surface area contributed by atoms with Crippen molar-refractivity contribution in [3.8, 4) is 11.5 Å². The van der Waals surface area contributed by atoms with Crippen LogP contribution in [0.4, 0.5) is 0 Å². The van der Waals surface area contributed by atoms with Crippen molar-refractivity contribution in [1.82, 2.24) is 5.32 Å². The standard InChI is InChI=1S/C19H23NO3/c1-4-18(15-7-11-17(23-3)12-8-15)20-19(21)13-14-5-9-16(22-2)10-6-14/h5-12,18H,4,13H2,1-3H3,(H,20,21)/t18-/m1/s1. The molecule has 0 spiro atoms. The highest BCUT2D eigenvalue weighted by Gasteiger charge is 2.13. The van der Waals surface area contributed by atoms with Gasteiger partial charge in [-0.25, -0.2) is 0 Å². The third-order valence-electron chi connectivity index (χ3n) is 3.79. The van der Waals surface area contributed by atoms with Gasteiger partial charge < -0.3 is 14.8 Å². The monoisotopic (exact) mass is 313 g/mol. The molecule has 4 nitrogen and oxygen atoms in total. The minimum absolute atomic E-state index is 0.00616. The number of amides is 1. The second-order valence-corrected chi connectivity index (χ2v) is 5.33. The Hall–Kier alpha value is -2.49. The predicted molar refractivity (Wildman–Crippen MR) is 90.9 cm³/mol. The second-order valence-electron chi connectivity index (χ2n) is 5.33. The highest BCUT2D eigenvalue weighted by atomic mass is 16.5. The van der Waals surface area contributed by atoms with Crippen molar-refractivity contribution >= 4 is 5.91 Å². The van der Waals surface area contributed by atoms with E-state index in [2.05, 4.69) is 12.2 Å². The molecule has 1 amide bonds. The molecule has 0 aliphatic rings. The van der Waals surface area contributed by atoms with Crippen LogP contribution in [0.2, 0.25) is 0 Å². The maximum Gasteiger partial charge on any atom is 0.224 e. The number of nitrogens with one attached hydrogen (secondary N) is 1. The van der Waals surface area contributed by atoms with E-state index >= 15 is 0 Å². The molecule has 0 aliphatic carbocycles. The fourth-order valence-electron chi connectivity index (χ4n) is 2.43. The normalized spacial score (nSPS) is 11.6. The summed E-state index contributed by atoms with van der Waals surface area (Å²) in [4.78, 5) is 12.3. The number of methoxy groups -OCH3 is 2. The molecule has 0 saturated heterocycles. The zero-order valence-corrected chi connectivity index (χ0v) is 13.8. The van der Waals surface area contributed by atoms with Crippen molar-refractivity contribution in [2.45, 2.75) is 25.8 Å². The van der Waals surface area contributed by atoms with Gasteiger partial charge in [0.05, 0.1) is 26.7 Å². The Bertz CT molecular complexity index is 620. The first-order valence-corrected chi connectivity index (χ1v) is 7.72. The third-order valence-corrected chi connectivity index (χ3v) is 3.79. The number of hydrogen-bond donors (Lipinski definition) is 1.